The number of benzene rings is 2. The predicted molar refractivity (Wildman–Crippen MR) is 101 cm³/mol. The van der Waals surface area contributed by atoms with Crippen molar-refractivity contribution in [1.82, 2.24) is 9.97 Å². The number of carbonyl (C=O) groups excluding carboxylic acids is 1. The SMILES string of the molecule is CCc1ccc(C2CC(=O)Nc3nc(-c4ccccc4)[nH]c(=O)c32)cc1. The van der Waals surface area contributed by atoms with E-state index in [2.05, 4.69) is 22.2 Å². The van der Waals surface area contributed by atoms with Gasteiger partial charge < -0.3 is 10.3 Å². The van der Waals surface area contributed by atoms with E-state index in [1.165, 1.54) is 5.56 Å². The van der Waals surface area contributed by atoms with Crippen LogP contribution in [0.3, 0.4) is 0 Å². The monoisotopic (exact) mass is 345 g/mol. The van der Waals surface area contributed by atoms with Gasteiger partial charge in [-0.25, -0.2) is 4.98 Å². The maximum absolute atomic E-state index is 12.8. The highest BCUT2D eigenvalue weighted by Crippen LogP contribution is 2.34. The molecule has 26 heavy (non-hydrogen) atoms. The van der Waals surface area contributed by atoms with Gasteiger partial charge in [-0.1, -0.05) is 61.5 Å². The number of fused-ring (bicyclic) bond motifs is 1. The van der Waals surface area contributed by atoms with Crippen LogP contribution in [-0.2, 0) is 11.2 Å². The largest absolute Gasteiger partial charge is 0.310 e. The second-order valence-corrected chi connectivity index (χ2v) is 6.44. The zero-order chi connectivity index (χ0) is 18.1. The predicted octanol–water partition coefficient (Wildman–Crippen LogP) is 3.47. The van der Waals surface area contributed by atoms with Gasteiger partial charge >= 0.3 is 0 Å². The van der Waals surface area contributed by atoms with E-state index in [9.17, 15) is 9.59 Å². The van der Waals surface area contributed by atoms with E-state index in [0.717, 1.165) is 17.5 Å². The lowest BCUT2D eigenvalue weighted by Crippen LogP contribution is -2.31. The Kier molecular flexibility index (Phi) is 4.13. The Morgan fingerprint density at radius 1 is 1.04 bits per heavy atom. The first-order chi connectivity index (χ1) is 12.7. The lowest BCUT2D eigenvalue weighted by atomic mass is 9.86. The minimum atomic E-state index is -0.286. The highest BCUT2D eigenvalue weighted by Gasteiger charge is 2.30. The van der Waals surface area contributed by atoms with Crippen LogP contribution >= 0.6 is 0 Å². The number of aromatic nitrogens is 2. The molecule has 4 rings (SSSR count). The van der Waals surface area contributed by atoms with E-state index in [-0.39, 0.29) is 23.8 Å². The molecule has 1 aromatic heterocycles. The van der Waals surface area contributed by atoms with Crippen molar-refractivity contribution in [2.75, 3.05) is 5.32 Å². The molecule has 0 spiro atoms. The van der Waals surface area contributed by atoms with E-state index in [4.69, 9.17) is 0 Å². The average molecular weight is 345 g/mol. The molecule has 2 N–H and O–H groups in total. The zero-order valence-electron chi connectivity index (χ0n) is 14.5. The van der Waals surface area contributed by atoms with Crippen LogP contribution < -0.4 is 10.9 Å². The molecule has 2 aromatic carbocycles. The van der Waals surface area contributed by atoms with Gasteiger partial charge in [0.25, 0.3) is 5.56 Å². The summed E-state index contributed by atoms with van der Waals surface area (Å²) in [5.41, 5.74) is 3.29. The third-order valence-electron chi connectivity index (χ3n) is 4.79. The van der Waals surface area contributed by atoms with Crippen molar-refractivity contribution in [3.05, 3.63) is 81.6 Å². The number of anilines is 1. The third-order valence-corrected chi connectivity index (χ3v) is 4.79. The molecule has 2 heterocycles. The summed E-state index contributed by atoms with van der Waals surface area (Å²) < 4.78 is 0. The second kappa shape index (κ2) is 6.59. The van der Waals surface area contributed by atoms with E-state index >= 15 is 0 Å². The number of hydrogen-bond donors (Lipinski definition) is 2. The summed E-state index contributed by atoms with van der Waals surface area (Å²) in [7, 11) is 0. The molecular formula is C21H19N3O2. The van der Waals surface area contributed by atoms with Crippen molar-refractivity contribution in [3.8, 4) is 11.4 Å². The lowest BCUT2D eigenvalue weighted by molar-refractivity contribution is -0.116. The molecule has 1 aliphatic rings. The molecule has 3 aromatic rings. The fourth-order valence-corrected chi connectivity index (χ4v) is 3.37. The van der Waals surface area contributed by atoms with Crippen LogP contribution in [0.25, 0.3) is 11.4 Å². The molecule has 5 heteroatoms. The summed E-state index contributed by atoms with van der Waals surface area (Å²) in [4.78, 5) is 32.4. The molecule has 130 valence electrons. The lowest BCUT2D eigenvalue weighted by Gasteiger charge is -2.24. The van der Waals surface area contributed by atoms with Crippen LogP contribution in [0.5, 0.6) is 0 Å². The van der Waals surface area contributed by atoms with Crippen molar-refractivity contribution in [2.45, 2.75) is 25.7 Å². The fourth-order valence-electron chi connectivity index (χ4n) is 3.37. The summed E-state index contributed by atoms with van der Waals surface area (Å²) in [5.74, 6) is 0.398. The average Bonchev–Trinajstić information content (AvgIpc) is 2.67. The number of nitrogens with zero attached hydrogens (tertiary/aromatic N) is 1. The van der Waals surface area contributed by atoms with Crippen LogP contribution in [0.4, 0.5) is 5.82 Å². The number of rotatable bonds is 3. The molecule has 0 aliphatic carbocycles. The minimum Gasteiger partial charge on any atom is -0.310 e. The number of aryl methyl sites for hydroxylation is 1. The Hall–Kier alpha value is -3.21. The Morgan fingerprint density at radius 2 is 1.77 bits per heavy atom. The van der Waals surface area contributed by atoms with Crippen LogP contribution in [0, 0.1) is 0 Å². The van der Waals surface area contributed by atoms with Crippen LogP contribution in [0.2, 0.25) is 0 Å². The van der Waals surface area contributed by atoms with Crippen molar-refractivity contribution in [3.63, 3.8) is 0 Å². The topological polar surface area (TPSA) is 74.8 Å². The first kappa shape index (κ1) is 16.3. The van der Waals surface area contributed by atoms with Gasteiger partial charge in [0, 0.05) is 17.9 Å². The van der Waals surface area contributed by atoms with E-state index in [1.807, 2.05) is 54.6 Å². The number of amides is 1. The van der Waals surface area contributed by atoms with Gasteiger partial charge in [0.15, 0.2) is 0 Å². The number of H-pyrrole nitrogens is 1. The smallest absolute Gasteiger partial charge is 0.257 e. The molecule has 1 atom stereocenters. The van der Waals surface area contributed by atoms with Crippen molar-refractivity contribution in [1.29, 1.82) is 0 Å². The zero-order valence-corrected chi connectivity index (χ0v) is 14.5. The molecule has 0 radical (unpaired) electrons. The van der Waals surface area contributed by atoms with E-state index in [0.29, 0.717) is 17.2 Å². The van der Waals surface area contributed by atoms with Crippen LogP contribution in [0.1, 0.15) is 36.0 Å². The Labute approximate surface area is 151 Å². The van der Waals surface area contributed by atoms with Crippen LogP contribution in [-0.4, -0.2) is 15.9 Å². The molecule has 1 aliphatic heterocycles. The maximum atomic E-state index is 12.8. The van der Waals surface area contributed by atoms with Gasteiger partial charge in [0.1, 0.15) is 11.6 Å². The number of nitrogens with one attached hydrogen (secondary N) is 2. The highest BCUT2D eigenvalue weighted by atomic mass is 16.2. The Morgan fingerprint density at radius 3 is 2.46 bits per heavy atom. The summed E-state index contributed by atoms with van der Waals surface area (Å²) in [6.07, 6.45) is 1.19. The van der Waals surface area contributed by atoms with Gasteiger partial charge in [-0.3, -0.25) is 9.59 Å². The molecule has 0 saturated carbocycles. The van der Waals surface area contributed by atoms with Crippen LogP contribution in [0.15, 0.2) is 59.4 Å². The van der Waals surface area contributed by atoms with Gasteiger partial charge in [-0.05, 0) is 17.5 Å². The normalized spacial score (nSPS) is 16.0. The standard InChI is InChI=1S/C21H19N3O2/c1-2-13-8-10-14(11-9-13)16-12-17(25)22-20-18(16)21(26)24-19(23-20)15-6-4-3-5-7-15/h3-11,16H,2,12H2,1H3,(H2,22,23,24,25,26). The quantitative estimate of drug-likeness (QED) is 0.763. The molecular weight excluding hydrogens is 326 g/mol. The fraction of sp³-hybridized carbons (Fsp3) is 0.190. The summed E-state index contributed by atoms with van der Waals surface area (Å²) >= 11 is 0. The van der Waals surface area contributed by atoms with Gasteiger partial charge in [-0.2, -0.15) is 0 Å². The second-order valence-electron chi connectivity index (χ2n) is 6.44. The third kappa shape index (κ3) is 2.92. The first-order valence-corrected chi connectivity index (χ1v) is 8.74. The summed E-state index contributed by atoms with van der Waals surface area (Å²) in [6.45, 7) is 2.10. The number of aromatic amines is 1. The first-order valence-electron chi connectivity index (χ1n) is 8.74. The minimum absolute atomic E-state index is 0.126. The molecule has 0 bridgehead atoms. The Balaban J connectivity index is 1.82. The van der Waals surface area contributed by atoms with E-state index in [1.54, 1.807) is 0 Å². The number of carbonyl (C=O) groups is 1. The maximum Gasteiger partial charge on any atom is 0.257 e. The molecule has 1 amide bonds. The molecule has 1 unspecified atom stereocenters. The van der Waals surface area contributed by atoms with Gasteiger partial charge in [-0.15, -0.1) is 0 Å². The molecule has 5 nitrogen and oxygen atoms in total. The molecule has 0 fully saturated rings. The van der Waals surface area contributed by atoms with Gasteiger partial charge in [0.05, 0.1) is 5.56 Å². The highest BCUT2D eigenvalue weighted by molar-refractivity contribution is 5.94. The van der Waals surface area contributed by atoms with Crippen molar-refractivity contribution >= 4 is 11.7 Å². The summed E-state index contributed by atoms with van der Waals surface area (Å²) in [6, 6.07) is 17.5. The number of hydrogen-bond acceptors (Lipinski definition) is 3. The van der Waals surface area contributed by atoms with E-state index < -0.39 is 0 Å². The molecule has 0 saturated heterocycles. The Bertz CT molecular complexity index is 1010. The summed E-state index contributed by atoms with van der Waals surface area (Å²) in [5, 5.41) is 2.76. The van der Waals surface area contributed by atoms with Crippen molar-refractivity contribution < 1.29 is 4.79 Å². The van der Waals surface area contributed by atoms with Crippen molar-refractivity contribution in [2.24, 2.45) is 0 Å². The van der Waals surface area contributed by atoms with Gasteiger partial charge in [0.2, 0.25) is 5.91 Å².